The Labute approximate surface area is 259 Å². The van der Waals surface area contributed by atoms with Crippen LogP contribution < -0.4 is 9.47 Å². The van der Waals surface area contributed by atoms with Crippen molar-refractivity contribution < 1.29 is 22.7 Å². The average molecular weight is 621 g/mol. The molecule has 0 saturated heterocycles. The van der Waals surface area contributed by atoms with Crippen molar-refractivity contribution in [1.82, 2.24) is 9.21 Å². The molecule has 0 atom stereocenters. The molecule has 1 aliphatic rings. The first-order valence-electron chi connectivity index (χ1n) is 14.8. The third-order valence-corrected chi connectivity index (χ3v) is 11.2. The molecule has 1 fully saturated rings. The van der Waals surface area contributed by atoms with Gasteiger partial charge in [-0.15, -0.1) is 11.3 Å². The van der Waals surface area contributed by atoms with Crippen molar-refractivity contribution in [3.05, 3.63) is 88.1 Å². The standard InChI is InChI=1S/C34H40N2O5S2/c1-25-16-18-29(42-25)23-35(21-20-26-17-19-31(40-2)32(22-26)41-3)34(37)24-36(28-12-5-4-6-13-28)43(38,39)33-15-9-11-27-10-7-8-14-30(27)33/h7-11,14-19,22,28H,4-6,12-13,20-21,23-24H2,1-3H3. The highest BCUT2D eigenvalue weighted by atomic mass is 32.2. The maximum Gasteiger partial charge on any atom is 0.244 e. The number of benzene rings is 3. The lowest BCUT2D eigenvalue weighted by Crippen LogP contribution is -2.48. The van der Waals surface area contributed by atoms with Crippen LogP contribution >= 0.6 is 11.3 Å². The molecule has 0 radical (unpaired) electrons. The number of carbonyl (C=O) groups is 1. The molecule has 1 saturated carbocycles. The number of methoxy groups -OCH3 is 2. The summed E-state index contributed by atoms with van der Waals surface area (Å²) in [5.41, 5.74) is 1.00. The van der Waals surface area contributed by atoms with E-state index in [1.165, 1.54) is 9.18 Å². The highest BCUT2D eigenvalue weighted by molar-refractivity contribution is 7.89. The highest BCUT2D eigenvalue weighted by Gasteiger charge is 2.36. The Morgan fingerprint density at radius 3 is 2.37 bits per heavy atom. The van der Waals surface area contributed by atoms with Crippen LogP contribution in [0, 0.1) is 6.92 Å². The van der Waals surface area contributed by atoms with E-state index in [0.29, 0.717) is 36.4 Å². The normalized spacial score (nSPS) is 14.2. The second-order valence-electron chi connectivity index (χ2n) is 11.1. The van der Waals surface area contributed by atoms with E-state index in [9.17, 15) is 13.2 Å². The lowest BCUT2D eigenvalue weighted by molar-refractivity contribution is -0.132. The lowest BCUT2D eigenvalue weighted by atomic mass is 9.95. The van der Waals surface area contributed by atoms with Crippen molar-refractivity contribution in [3.8, 4) is 11.5 Å². The van der Waals surface area contributed by atoms with Crippen molar-refractivity contribution in [2.75, 3.05) is 27.3 Å². The van der Waals surface area contributed by atoms with E-state index in [4.69, 9.17) is 9.47 Å². The molecular weight excluding hydrogens is 581 g/mol. The molecule has 1 amide bonds. The van der Waals surface area contributed by atoms with Gasteiger partial charge in [0, 0.05) is 27.7 Å². The quantitative estimate of drug-likeness (QED) is 0.174. The average Bonchev–Trinajstić information content (AvgIpc) is 3.45. The number of amides is 1. The smallest absolute Gasteiger partial charge is 0.244 e. The van der Waals surface area contributed by atoms with Crippen LogP contribution in [0.1, 0.15) is 47.4 Å². The third kappa shape index (κ3) is 7.22. The summed E-state index contributed by atoms with van der Waals surface area (Å²) >= 11 is 1.65. The summed E-state index contributed by atoms with van der Waals surface area (Å²) in [7, 11) is -0.744. The zero-order chi connectivity index (χ0) is 30.4. The number of hydrogen-bond acceptors (Lipinski definition) is 6. The maximum absolute atomic E-state index is 14.4. The minimum atomic E-state index is -3.95. The second-order valence-corrected chi connectivity index (χ2v) is 14.3. The van der Waals surface area contributed by atoms with Crippen LogP contribution in [0.5, 0.6) is 11.5 Å². The van der Waals surface area contributed by atoms with E-state index in [-0.39, 0.29) is 23.4 Å². The molecule has 0 bridgehead atoms. The van der Waals surface area contributed by atoms with Crippen LogP contribution in [0.15, 0.2) is 77.7 Å². The van der Waals surface area contributed by atoms with Crippen molar-refractivity contribution >= 4 is 38.0 Å². The molecule has 1 aromatic heterocycles. The van der Waals surface area contributed by atoms with Crippen LogP contribution in [0.25, 0.3) is 10.8 Å². The van der Waals surface area contributed by atoms with Gasteiger partial charge in [-0.1, -0.05) is 61.7 Å². The van der Waals surface area contributed by atoms with Crippen molar-refractivity contribution in [2.45, 2.75) is 62.9 Å². The maximum atomic E-state index is 14.4. The Hall–Kier alpha value is -3.40. The van der Waals surface area contributed by atoms with Gasteiger partial charge in [-0.2, -0.15) is 4.31 Å². The fourth-order valence-corrected chi connectivity index (χ4v) is 8.67. The number of hydrogen-bond donors (Lipinski definition) is 0. The minimum absolute atomic E-state index is 0.188. The van der Waals surface area contributed by atoms with Gasteiger partial charge in [0.2, 0.25) is 15.9 Å². The SMILES string of the molecule is COc1ccc(CCN(Cc2ccc(C)s2)C(=O)CN(C2CCCCC2)S(=O)(=O)c2cccc3ccccc23)cc1OC. The number of carbonyl (C=O) groups excluding carboxylic acids is 1. The minimum Gasteiger partial charge on any atom is -0.493 e. The predicted octanol–water partition coefficient (Wildman–Crippen LogP) is 6.82. The van der Waals surface area contributed by atoms with Crippen LogP contribution in [0.3, 0.4) is 0 Å². The van der Waals surface area contributed by atoms with Crippen molar-refractivity contribution in [2.24, 2.45) is 0 Å². The van der Waals surface area contributed by atoms with E-state index < -0.39 is 10.0 Å². The summed E-state index contributed by atoms with van der Waals surface area (Å²) in [4.78, 5) is 18.5. The van der Waals surface area contributed by atoms with E-state index in [1.807, 2.05) is 61.5 Å². The number of thiophene rings is 1. The Morgan fingerprint density at radius 2 is 1.65 bits per heavy atom. The molecule has 9 heteroatoms. The summed E-state index contributed by atoms with van der Waals surface area (Å²) in [5.74, 6) is 1.09. The predicted molar refractivity (Wildman–Crippen MR) is 172 cm³/mol. The Morgan fingerprint density at radius 1 is 0.907 bits per heavy atom. The van der Waals surface area contributed by atoms with Gasteiger partial charge < -0.3 is 14.4 Å². The summed E-state index contributed by atoms with van der Waals surface area (Å²) in [6, 6.07) is 22.5. The number of aryl methyl sites for hydroxylation is 1. The van der Waals surface area contributed by atoms with Gasteiger partial charge in [0.15, 0.2) is 11.5 Å². The summed E-state index contributed by atoms with van der Waals surface area (Å²) < 4.78 is 41.2. The molecular formula is C34H40N2O5S2. The molecule has 1 heterocycles. The highest BCUT2D eigenvalue weighted by Crippen LogP contribution is 2.32. The van der Waals surface area contributed by atoms with Gasteiger partial charge >= 0.3 is 0 Å². The molecule has 0 unspecified atom stereocenters. The number of nitrogens with zero attached hydrogens (tertiary/aromatic N) is 2. The van der Waals surface area contributed by atoms with E-state index in [2.05, 4.69) is 6.07 Å². The van der Waals surface area contributed by atoms with Crippen LogP contribution in [0.4, 0.5) is 0 Å². The molecule has 4 aromatic rings. The van der Waals surface area contributed by atoms with E-state index >= 15 is 0 Å². The molecule has 0 aliphatic heterocycles. The summed E-state index contributed by atoms with van der Waals surface area (Å²) in [5, 5.41) is 1.54. The molecule has 3 aromatic carbocycles. The largest absolute Gasteiger partial charge is 0.493 e. The molecule has 1 aliphatic carbocycles. The number of ether oxygens (including phenoxy) is 2. The lowest BCUT2D eigenvalue weighted by Gasteiger charge is -2.34. The van der Waals surface area contributed by atoms with Gasteiger partial charge in [-0.3, -0.25) is 4.79 Å². The van der Waals surface area contributed by atoms with Crippen LogP contribution in [0.2, 0.25) is 0 Å². The number of rotatable bonds is 12. The van der Waals surface area contributed by atoms with Crippen molar-refractivity contribution in [1.29, 1.82) is 0 Å². The Kier molecular flexibility index (Phi) is 10.1. The van der Waals surface area contributed by atoms with Crippen LogP contribution in [-0.4, -0.2) is 56.9 Å². The first kappa shape index (κ1) is 31.0. The monoisotopic (exact) mass is 620 g/mol. The van der Waals surface area contributed by atoms with Crippen molar-refractivity contribution in [3.63, 3.8) is 0 Å². The van der Waals surface area contributed by atoms with E-state index in [1.54, 1.807) is 42.6 Å². The molecule has 7 nitrogen and oxygen atoms in total. The second kappa shape index (κ2) is 13.9. The van der Waals surface area contributed by atoms with E-state index in [0.717, 1.165) is 47.9 Å². The number of fused-ring (bicyclic) bond motifs is 1. The fraction of sp³-hybridized carbons (Fsp3) is 0.382. The Balaban J connectivity index is 1.45. The van der Waals surface area contributed by atoms with Crippen LogP contribution in [-0.2, 0) is 27.8 Å². The first-order chi connectivity index (χ1) is 20.8. The molecule has 43 heavy (non-hydrogen) atoms. The third-order valence-electron chi connectivity index (χ3n) is 8.22. The Bertz CT molecular complexity index is 1660. The zero-order valence-corrected chi connectivity index (χ0v) is 26.8. The topological polar surface area (TPSA) is 76.2 Å². The van der Waals surface area contributed by atoms with Gasteiger partial charge in [-0.05, 0) is 67.5 Å². The number of sulfonamides is 1. The first-order valence-corrected chi connectivity index (χ1v) is 17.1. The fourth-order valence-electron chi connectivity index (χ4n) is 5.91. The van der Waals surface area contributed by atoms with Gasteiger partial charge in [0.05, 0.1) is 32.2 Å². The molecule has 0 spiro atoms. The molecule has 228 valence electrons. The van der Waals surface area contributed by atoms with Gasteiger partial charge in [0.25, 0.3) is 0 Å². The molecule has 5 rings (SSSR count). The van der Waals surface area contributed by atoms with Gasteiger partial charge in [-0.25, -0.2) is 8.42 Å². The summed E-state index contributed by atoms with van der Waals surface area (Å²) in [6.07, 6.45) is 5.10. The summed E-state index contributed by atoms with van der Waals surface area (Å²) in [6.45, 7) is 2.73. The van der Waals surface area contributed by atoms with Gasteiger partial charge in [0.1, 0.15) is 0 Å². The molecule has 0 N–H and O–H groups in total. The zero-order valence-electron chi connectivity index (χ0n) is 25.1.